The van der Waals surface area contributed by atoms with Gasteiger partial charge in [0, 0.05) is 5.69 Å². The predicted octanol–water partition coefficient (Wildman–Crippen LogP) is 2.74. The number of sulfonamides is 1. The molecule has 1 aliphatic carbocycles. The van der Waals surface area contributed by atoms with E-state index in [0.29, 0.717) is 18.5 Å². The summed E-state index contributed by atoms with van der Waals surface area (Å²) >= 11 is 0. The summed E-state index contributed by atoms with van der Waals surface area (Å²) < 4.78 is 40.5. The number of rotatable bonds is 6. The highest BCUT2D eigenvalue weighted by Gasteiger charge is 2.48. The minimum atomic E-state index is -3.95. The van der Waals surface area contributed by atoms with Gasteiger partial charge in [0.1, 0.15) is 12.4 Å². The van der Waals surface area contributed by atoms with Crippen molar-refractivity contribution in [2.75, 3.05) is 16.6 Å². The van der Waals surface area contributed by atoms with E-state index in [1.54, 1.807) is 0 Å². The number of hydrogen-bond acceptors (Lipinski definition) is 5. The number of nitrogens with zero attached hydrogens (tertiary/aromatic N) is 1. The number of amides is 3. The van der Waals surface area contributed by atoms with Crippen LogP contribution in [0.3, 0.4) is 0 Å². The van der Waals surface area contributed by atoms with Crippen LogP contribution in [-0.2, 0) is 24.4 Å². The summed E-state index contributed by atoms with van der Waals surface area (Å²) in [5.74, 6) is -2.34. The molecular formula is C22H22FN3O5S. The Morgan fingerprint density at radius 2 is 1.59 bits per heavy atom. The van der Waals surface area contributed by atoms with Gasteiger partial charge in [-0.05, 0) is 55.3 Å². The molecule has 168 valence electrons. The van der Waals surface area contributed by atoms with Crippen LogP contribution in [0.1, 0.15) is 25.7 Å². The average molecular weight is 459 g/mol. The first-order valence-corrected chi connectivity index (χ1v) is 11.8. The van der Waals surface area contributed by atoms with Gasteiger partial charge in [-0.15, -0.1) is 0 Å². The molecule has 0 radical (unpaired) electrons. The zero-order valence-electron chi connectivity index (χ0n) is 17.1. The van der Waals surface area contributed by atoms with Gasteiger partial charge in [-0.25, -0.2) is 12.8 Å². The Kier molecular flexibility index (Phi) is 5.96. The second-order valence-corrected chi connectivity index (χ2v) is 9.63. The predicted molar refractivity (Wildman–Crippen MR) is 114 cm³/mol. The highest BCUT2D eigenvalue weighted by Crippen LogP contribution is 2.37. The Hall–Kier alpha value is -3.27. The largest absolute Gasteiger partial charge is 0.325 e. The van der Waals surface area contributed by atoms with E-state index in [-0.39, 0.29) is 40.8 Å². The molecule has 1 aliphatic heterocycles. The number of anilines is 2. The van der Waals surface area contributed by atoms with Gasteiger partial charge in [-0.2, -0.15) is 0 Å². The van der Waals surface area contributed by atoms with Crippen molar-refractivity contribution in [3.63, 3.8) is 0 Å². The topological polar surface area (TPSA) is 113 Å². The number of carbonyl (C=O) groups excluding carboxylic acids is 3. The van der Waals surface area contributed by atoms with Crippen molar-refractivity contribution < 1.29 is 27.2 Å². The molecule has 8 nitrogen and oxygen atoms in total. The molecule has 0 bridgehead atoms. The van der Waals surface area contributed by atoms with Gasteiger partial charge in [-0.1, -0.05) is 18.9 Å². The second kappa shape index (κ2) is 8.70. The number of nitrogens with one attached hydrogen (secondary N) is 2. The summed E-state index contributed by atoms with van der Waals surface area (Å²) in [5.41, 5.74) is 0.402. The average Bonchev–Trinajstić information content (AvgIpc) is 2.99. The third-order valence-electron chi connectivity index (χ3n) is 5.76. The van der Waals surface area contributed by atoms with Crippen LogP contribution in [-0.4, -0.2) is 37.6 Å². The monoisotopic (exact) mass is 459 g/mol. The van der Waals surface area contributed by atoms with Gasteiger partial charge >= 0.3 is 0 Å². The maximum absolute atomic E-state index is 13.3. The lowest BCUT2D eigenvalue weighted by atomic mass is 9.81. The van der Waals surface area contributed by atoms with Crippen LogP contribution < -0.4 is 10.0 Å². The van der Waals surface area contributed by atoms with E-state index in [1.165, 1.54) is 42.5 Å². The molecule has 2 aromatic carbocycles. The lowest BCUT2D eigenvalue weighted by Gasteiger charge is -2.19. The van der Waals surface area contributed by atoms with Crippen LogP contribution in [0.4, 0.5) is 15.8 Å². The van der Waals surface area contributed by atoms with Crippen molar-refractivity contribution in [3.05, 3.63) is 54.3 Å². The van der Waals surface area contributed by atoms with Gasteiger partial charge in [0.15, 0.2) is 0 Å². The van der Waals surface area contributed by atoms with Crippen LogP contribution in [0.2, 0.25) is 0 Å². The molecular weight excluding hydrogens is 437 g/mol. The van der Waals surface area contributed by atoms with Crippen LogP contribution in [0.5, 0.6) is 0 Å². The summed E-state index contributed by atoms with van der Waals surface area (Å²) in [6, 6.07) is 10.4. The smallest absolute Gasteiger partial charge is 0.261 e. The van der Waals surface area contributed by atoms with Gasteiger partial charge in [0.2, 0.25) is 17.7 Å². The van der Waals surface area contributed by atoms with Gasteiger partial charge in [0.25, 0.3) is 10.0 Å². The molecule has 0 spiro atoms. The SMILES string of the molecule is O=C(CN1C(=O)C2CCCCC2C1=O)Nc1ccc(S(=O)(=O)Nc2cccc(F)c2)cc1. The molecule has 4 rings (SSSR count). The molecule has 2 aliphatic rings. The van der Waals surface area contributed by atoms with E-state index in [4.69, 9.17) is 0 Å². The summed E-state index contributed by atoms with van der Waals surface area (Å²) in [4.78, 5) is 38.3. The summed E-state index contributed by atoms with van der Waals surface area (Å²) in [5, 5.41) is 2.58. The first-order chi connectivity index (χ1) is 15.2. The van der Waals surface area contributed by atoms with Crippen molar-refractivity contribution >= 4 is 39.1 Å². The number of likely N-dealkylation sites (tertiary alicyclic amines) is 1. The molecule has 1 saturated heterocycles. The van der Waals surface area contributed by atoms with Crippen LogP contribution in [0, 0.1) is 17.7 Å². The van der Waals surface area contributed by atoms with Crippen molar-refractivity contribution in [1.29, 1.82) is 0 Å². The van der Waals surface area contributed by atoms with Crippen molar-refractivity contribution in [1.82, 2.24) is 4.90 Å². The number of halogens is 1. The summed E-state index contributed by atoms with van der Waals surface area (Å²) in [7, 11) is -3.95. The maximum Gasteiger partial charge on any atom is 0.261 e. The molecule has 2 atom stereocenters. The molecule has 0 aromatic heterocycles. The minimum absolute atomic E-state index is 0.0752. The Balaban J connectivity index is 1.38. The minimum Gasteiger partial charge on any atom is -0.325 e. The Bertz CT molecular complexity index is 1140. The quantitative estimate of drug-likeness (QED) is 0.645. The molecule has 10 heteroatoms. The third-order valence-corrected chi connectivity index (χ3v) is 7.16. The third kappa shape index (κ3) is 4.50. The lowest BCUT2D eigenvalue weighted by Crippen LogP contribution is -2.38. The second-order valence-electron chi connectivity index (χ2n) is 7.95. The Morgan fingerprint density at radius 1 is 0.969 bits per heavy atom. The number of benzene rings is 2. The first kappa shape index (κ1) is 21.9. The number of hydrogen-bond donors (Lipinski definition) is 2. The summed E-state index contributed by atoms with van der Waals surface area (Å²) in [6.07, 6.45) is 3.16. The molecule has 3 amide bonds. The highest BCUT2D eigenvalue weighted by molar-refractivity contribution is 7.92. The molecule has 32 heavy (non-hydrogen) atoms. The fourth-order valence-corrected chi connectivity index (χ4v) is 5.26. The van der Waals surface area contributed by atoms with Crippen molar-refractivity contribution in [2.45, 2.75) is 30.6 Å². The Morgan fingerprint density at radius 3 is 2.19 bits per heavy atom. The summed E-state index contributed by atoms with van der Waals surface area (Å²) in [6.45, 7) is -0.369. The van der Waals surface area contributed by atoms with E-state index in [2.05, 4.69) is 10.0 Å². The van der Waals surface area contributed by atoms with E-state index in [1.807, 2.05) is 0 Å². The molecule has 1 saturated carbocycles. The van der Waals surface area contributed by atoms with E-state index >= 15 is 0 Å². The standard InChI is InChI=1S/C22H22FN3O5S/c23-14-4-3-5-16(12-14)25-32(30,31)17-10-8-15(9-11-17)24-20(27)13-26-21(28)18-6-1-2-7-19(18)22(26)29/h3-5,8-12,18-19,25H,1-2,6-7,13H2,(H,24,27). The lowest BCUT2D eigenvalue weighted by molar-refractivity contribution is -0.142. The van der Waals surface area contributed by atoms with Crippen molar-refractivity contribution in [2.24, 2.45) is 11.8 Å². The normalized spacial score (nSPS) is 20.7. The van der Waals surface area contributed by atoms with Gasteiger partial charge in [-0.3, -0.25) is 24.0 Å². The molecule has 2 unspecified atom stereocenters. The van der Waals surface area contributed by atoms with E-state index in [9.17, 15) is 27.2 Å². The van der Waals surface area contributed by atoms with E-state index in [0.717, 1.165) is 23.8 Å². The fourth-order valence-electron chi connectivity index (χ4n) is 4.21. The van der Waals surface area contributed by atoms with Crippen LogP contribution >= 0.6 is 0 Å². The number of fused-ring (bicyclic) bond motifs is 1. The van der Waals surface area contributed by atoms with Crippen LogP contribution in [0.25, 0.3) is 0 Å². The van der Waals surface area contributed by atoms with Crippen molar-refractivity contribution in [3.8, 4) is 0 Å². The highest BCUT2D eigenvalue weighted by atomic mass is 32.2. The number of imide groups is 1. The zero-order chi connectivity index (χ0) is 22.9. The molecule has 2 fully saturated rings. The molecule has 2 N–H and O–H groups in total. The van der Waals surface area contributed by atoms with E-state index < -0.39 is 21.7 Å². The number of carbonyl (C=O) groups is 3. The Labute approximate surface area is 184 Å². The maximum atomic E-state index is 13.3. The van der Waals surface area contributed by atoms with Crippen LogP contribution in [0.15, 0.2) is 53.4 Å². The zero-order valence-corrected chi connectivity index (χ0v) is 17.9. The van der Waals surface area contributed by atoms with Gasteiger partial charge in [0.05, 0.1) is 22.4 Å². The molecule has 2 aromatic rings. The van der Waals surface area contributed by atoms with Gasteiger partial charge < -0.3 is 5.32 Å². The molecule has 1 heterocycles. The first-order valence-electron chi connectivity index (χ1n) is 10.3. The fraction of sp³-hybridized carbons (Fsp3) is 0.318.